The largest absolute Gasteiger partial charge is 0.459 e. The summed E-state index contributed by atoms with van der Waals surface area (Å²) in [7, 11) is 0. The zero-order valence-electron chi connectivity index (χ0n) is 30.5. The fraction of sp³-hybridized carbons (Fsp3) is 0.333. The number of hydrogen-bond donors (Lipinski definition) is 2. The second kappa shape index (κ2) is 18.2. The summed E-state index contributed by atoms with van der Waals surface area (Å²) in [6, 6.07) is 31.9. The first-order chi connectivity index (χ1) is 27.7. The molecular weight excluding hydrogens is 744 g/mol. The summed E-state index contributed by atoms with van der Waals surface area (Å²) in [5.41, 5.74) is 0.545. The van der Waals surface area contributed by atoms with Gasteiger partial charge < -0.3 is 52.8 Å². The van der Waals surface area contributed by atoms with E-state index in [2.05, 4.69) is 0 Å². The van der Waals surface area contributed by atoms with Crippen LogP contribution in [0, 0.1) is 0 Å². The summed E-state index contributed by atoms with van der Waals surface area (Å²) < 4.78 is 54.1. The van der Waals surface area contributed by atoms with Crippen LogP contribution in [0.25, 0.3) is 0 Å². The van der Waals surface area contributed by atoms with Gasteiger partial charge >= 0.3 is 23.9 Å². The number of aliphatic hydroxyl groups is 2. The van der Waals surface area contributed by atoms with E-state index < -0.39 is 105 Å². The first kappa shape index (κ1) is 39.7. The molecule has 2 N–H and O–H groups in total. The third kappa shape index (κ3) is 9.21. The Bertz CT molecular complexity index is 1960. The maximum atomic E-state index is 13.9. The molecule has 15 nitrogen and oxygen atoms in total. The first-order valence-corrected chi connectivity index (χ1v) is 18.3. The van der Waals surface area contributed by atoms with Crippen LogP contribution in [-0.2, 0) is 42.6 Å². The van der Waals surface area contributed by atoms with Crippen molar-refractivity contribution in [3.8, 4) is 0 Å². The average molecular weight is 785 g/mol. The quantitative estimate of drug-likeness (QED) is 0.157. The molecule has 0 aliphatic carbocycles. The van der Waals surface area contributed by atoms with Gasteiger partial charge in [-0.2, -0.15) is 0 Å². The topological polar surface area (TPSA) is 192 Å². The van der Waals surface area contributed by atoms with Crippen LogP contribution in [0.3, 0.4) is 0 Å². The van der Waals surface area contributed by atoms with Crippen molar-refractivity contribution < 1.29 is 72.0 Å². The number of benzene rings is 4. The minimum Gasteiger partial charge on any atom is -0.459 e. The molecule has 0 radical (unpaired) electrons. The smallest absolute Gasteiger partial charge is 0.338 e. The molecule has 15 heteroatoms. The second-order valence-electron chi connectivity index (χ2n) is 13.3. The van der Waals surface area contributed by atoms with Gasteiger partial charge in [0.2, 0.25) is 0 Å². The summed E-state index contributed by atoms with van der Waals surface area (Å²) in [6.45, 7) is 0.382. The van der Waals surface area contributed by atoms with Crippen LogP contribution in [-0.4, -0.2) is 115 Å². The lowest BCUT2D eigenvalue weighted by Crippen LogP contribution is -2.66. The van der Waals surface area contributed by atoms with Crippen LogP contribution in [0.5, 0.6) is 0 Å². The summed E-state index contributed by atoms with van der Waals surface area (Å²) in [6.07, 6.45) is -15.3. The molecular formula is C42H40O15. The van der Waals surface area contributed by atoms with E-state index in [1.165, 1.54) is 48.5 Å². The fourth-order valence-electron chi connectivity index (χ4n) is 6.69. The number of carbonyl (C=O) groups is 4. The number of ether oxygens (including phenoxy) is 9. The lowest BCUT2D eigenvalue weighted by molar-refractivity contribution is -0.342. The molecule has 4 aromatic rings. The predicted octanol–water partition coefficient (Wildman–Crippen LogP) is 3.47. The first-order valence-electron chi connectivity index (χ1n) is 18.3. The lowest BCUT2D eigenvalue weighted by atomic mass is 9.96. The Labute approximate surface area is 326 Å². The minimum atomic E-state index is -1.74. The van der Waals surface area contributed by atoms with Crippen molar-refractivity contribution in [3.05, 3.63) is 144 Å². The molecule has 3 aliphatic heterocycles. The molecule has 3 aliphatic rings. The molecule has 0 bridgehead atoms. The molecule has 298 valence electrons. The fourth-order valence-corrected chi connectivity index (χ4v) is 6.69. The lowest BCUT2D eigenvalue weighted by Gasteiger charge is -2.47. The van der Waals surface area contributed by atoms with Crippen molar-refractivity contribution >= 4 is 23.9 Å². The number of carbonyl (C=O) groups excluding carboxylic acids is 4. The average Bonchev–Trinajstić information content (AvgIpc) is 3.63. The second-order valence-corrected chi connectivity index (χ2v) is 13.3. The van der Waals surface area contributed by atoms with Gasteiger partial charge in [-0.15, -0.1) is 0 Å². The van der Waals surface area contributed by atoms with Gasteiger partial charge in [0.25, 0.3) is 0 Å². The summed E-state index contributed by atoms with van der Waals surface area (Å²) in [5, 5.41) is 21.5. The van der Waals surface area contributed by atoms with Crippen molar-refractivity contribution in [2.45, 2.75) is 74.6 Å². The Morgan fingerprint density at radius 2 is 1.00 bits per heavy atom. The van der Waals surface area contributed by atoms with Gasteiger partial charge in [-0.25, -0.2) is 19.2 Å². The molecule has 0 saturated carbocycles. The van der Waals surface area contributed by atoms with Crippen LogP contribution < -0.4 is 0 Å². The molecule has 0 spiro atoms. The highest BCUT2D eigenvalue weighted by molar-refractivity contribution is 5.91. The van der Waals surface area contributed by atoms with Crippen molar-refractivity contribution in [2.75, 3.05) is 13.2 Å². The molecule has 4 aromatic carbocycles. The van der Waals surface area contributed by atoms with Crippen LogP contribution in [0.2, 0.25) is 0 Å². The Kier molecular flexibility index (Phi) is 12.7. The number of hydrogen-bond acceptors (Lipinski definition) is 15. The van der Waals surface area contributed by atoms with Gasteiger partial charge in [0.15, 0.2) is 37.2 Å². The standard InChI is InChI=1S/C42H40O15/c1-24-50-35-33(31(44)29(22-43)52-41(35)51-24)57-42-36(56-40(48)28-20-12-5-13-21-28)34(55-39(47)27-18-10-4-11-19-27)32(54-38(46)26-16-8-3-9-17-26)30(53-42)23-49-37(45)25-14-6-2-7-15-25/h2-21,24,29-36,41-44H,22-23H2,1H3/t24?,29-,30-,31+,32+,33+,34+,35-,36-,41+,42+/m1/s1. The van der Waals surface area contributed by atoms with Gasteiger partial charge in [-0.1, -0.05) is 72.8 Å². The molecule has 3 fully saturated rings. The Morgan fingerprint density at radius 3 is 1.49 bits per heavy atom. The molecule has 7 rings (SSSR count). The van der Waals surface area contributed by atoms with Gasteiger partial charge in [0.1, 0.15) is 37.1 Å². The number of fused-ring (bicyclic) bond motifs is 1. The van der Waals surface area contributed by atoms with Gasteiger partial charge in [-0.3, -0.25) is 0 Å². The van der Waals surface area contributed by atoms with Crippen molar-refractivity contribution in [2.24, 2.45) is 0 Å². The van der Waals surface area contributed by atoms with Gasteiger partial charge in [0.05, 0.1) is 28.9 Å². The Morgan fingerprint density at radius 1 is 0.544 bits per heavy atom. The van der Waals surface area contributed by atoms with E-state index in [1.54, 1.807) is 79.7 Å². The van der Waals surface area contributed by atoms with E-state index in [0.717, 1.165) is 0 Å². The highest BCUT2D eigenvalue weighted by atomic mass is 16.8. The third-order valence-electron chi connectivity index (χ3n) is 9.50. The van der Waals surface area contributed by atoms with Crippen LogP contribution >= 0.6 is 0 Å². The van der Waals surface area contributed by atoms with Gasteiger partial charge in [0, 0.05) is 0 Å². The minimum absolute atomic E-state index is 0.105. The predicted molar refractivity (Wildman–Crippen MR) is 194 cm³/mol. The maximum Gasteiger partial charge on any atom is 0.338 e. The monoisotopic (exact) mass is 784 g/mol. The van der Waals surface area contributed by atoms with E-state index in [9.17, 15) is 29.4 Å². The molecule has 1 unspecified atom stereocenters. The van der Waals surface area contributed by atoms with E-state index in [1.807, 2.05) is 0 Å². The maximum absolute atomic E-state index is 13.9. The van der Waals surface area contributed by atoms with Gasteiger partial charge in [-0.05, 0) is 55.5 Å². The van der Waals surface area contributed by atoms with E-state index in [0.29, 0.717) is 0 Å². The van der Waals surface area contributed by atoms with Crippen molar-refractivity contribution in [1.29, 1.82) is 0 Å². The zero-order valence-corrected chi connectivity index (χ0v) is 30.5. The molecule has 0 amide bonds. The van der Waals surface area contributed by atoms with Crippen molar-refractivity contribution in [3.63, 3.8) is 0 Å². The highest BCUT2D eigenvalue weighted by Gasteiger charge is 2.58. The number of aliphatic hydroxyl groups excluding tert-OH is 2. The number of rotatable bonds is 12. The SMILES string of the molecule is CC1O[C@H]2O[C@H](CO)[C@H](O)[C@H](O[C@@H]3O[C@H](COC(=O)c4ccccc4)[C@H](OC(=O)c4ccccc4)[C@H](OC(=O)c4ccccc4)[C@H]3OC(=O)c3ccccc3)[C@H]2O1. The van der Waals surface area contributed by atoms with Crippen molar-refractivity contribution in [1.82, 2.24) is 0 Å². The van der Waals surface area contributed by atoms with E-state index >= 15 is 0 Å². The molecule has 3 heterocycles. The van der Waals surface area contributed by atoms with E-state index in [-0.39, 0.29) is 22.3 Å². The highest BCUT2D eigenvalue weighted by Crippen LogP contribution is 2.37. The Balaban J connectivity index is 1.31. The molecule has 0 aromatic heterocycles. The van der Waals surface area contributed by atoms with Crippen LogP contribution in [0.1, 0.15) is 48.4 Å². The Hall–Kier alpha value is -5.52. The third-order valence-corrected chi connectivity index (χ3v) is 9.50. The summed E-state index contributed by atoms with van der Waals surface area (Å²) in [5.74, 6) is -3.40. The number of esters is 4. The normalized spacial score (nSPS) is 29.4. The summed E-state index contributed by atoms with van der Waals surface area (Å²) >= 11 is 0. The molecule has 57 heavy (non-hydrogen) atoms. The molecule has 11 atom stereocenters. The summed E-state index contributed by atoms with van der Waals surface area (Å²) in [4.78, 5) is 54.8. The zero-order chi connectivity index (χ0) is 39.9. The van der Waals surface area contributed by atoms with E-state index in [4.69, 9.17) is 42.6 Å². The van der Waals surface area contributed by atoms with Crippen LogP contribution in [0.15, 0.2) is 121 Å². The van der Waals surface area contributed by atoms with Crippen LogP contribution in [0.4, 0.5) is 0 Å². The molecule has 3 saturated heterocycles.